The maximum Gasteiger partial charge on any atom is 0.315 e. The summed E-state index contributed by atoms with van der Waals surface area (Å²) in [6.07, 6.45) is 2.32. The molecule has 0 unspecified atom stereocenters. The third-order valence-corrected chi connectivity index (χ3v) is 5.01. The van der Waals surface area contributed by atoms with Crippen molar-refractivity contribution in [2.45, 2.75) is 26.3 Å². The normalized spacial score (nSPS) is 11.2. The van der Waals surface area contributed by atoms with E-state index in [0.29, 0.717) is 30.7 Å². The first kappa shape index (κ1) is 20.0. The molecule has 0 radical (unpaired) electrons. The quantitative estimate of drug-likeness (QED) is 0.294. The second-order valence-electron chi connectivity index (χ2n) is 6.99. The maximum absolute atomic E-state index is 8.89. The van der Waals surface area contributed by atoms with Gasteiger partial charge < -0.3 is 25.5 Å². The number of benzene rings is 1. The van der Waals surface area contributed by atoms with Crippen LogP contribution < -0.4 is 16.0 Å². The molecule has 30 heavy (non-hydrogen) atoms. The molecule has 4 aromatic rings. The first-order valence-corrected chi connectivity index (χ1v) is 10.6. The first-order chi connectivity index (χ1) is 14.6. The van der Waals surface area contributed by atoms with E-state index in [9.17, 15) is 0 Å². The molecule has 0 aliphatic carbocycles. The standard InChI is InChI=1S/C20H23N7O2S/c1-12(2)24-16-9-18(25-13-4-5-15-17(8-13)30-11-23-15)22-10-14(16)19-26-27-20(29-19)21-6-3-7-28/h4-5,8-12,28H,3,6-7H2,1-2H3,(H,21,27)(H2,22,24,25). The van der Waals surface area contributed by atoms with E-state index in [2.05, 4.69) is 56.0 Å². The van der Waals surface area contributed by atoms with Crippen LogP contribution >= 0.6 is 11.3 Å². The van der Waals surface area contributed by atoms with E-state index in [4.69, 9.17) is 9.52 Å². The molecule has 0 fully saturated rings. The number of aliphatic hydroxyl groups excluding tert-OH is 1. The Morgan fingerprint density at radius 3 is 2.90 bits per heavy atom. The second kappa shape index (κ2) is 9.06. The van der Waals surface area contributed by atoms with Gasteiger partial charge in [0, 0.05) is 37.1 Å². The van der Waals surface area contributed by atoms with Crippen molar-refractivity contribution in [1.29, 1.82) is 0 Å². The smallest absolute Gasteiger partial charge is 0.315 e. The molecule has 10 heteroatoms. The van der Waals surface area contributed by atoms with E-state index in [0.717, 1.165) is 27.2 Å². The van der Waals surface area contributed by atoms with Gasteiger partial charge in [-0.25, -0.2) is 9.97 Å². The van der Waals surface area contributed by atoms with Gasteiger partial charge in [-0.2, -0.15) is 0 Å². The Morgan fingerprint density at radius 2 is 2.07 bits per heavy atom. The van der Waals surface area contributed by atoms with Gasteiger partial charge in [0.05, 0.1) is 27.0 Å². The van der Waals surface area contributed by atoms with Crippen LogP contribution in [0, 0.1) is 0 Å². The molecule has 0 amide bonds. The zero-order chi connectivity index (χ0) is 20.9. The molecule has 9 nitrogen and oxygen atoms in total. The largest absolute Gasteiger partial charge is 0.403 e. The zero-order valence-corrected chi connectivity index (χ0v) is 17.5. The van der Waals surface area contributed by atoms with Crippen LogP contribution in [-0.2, 0) is 0 Å². The van der Waals surface area contributed by atoms with Crippen molar-refractivity contribution < 1.29 is 9.52 Å². The van der Waals surface area contributed by atoms with Crippen molar-refractivity contribution in [2.75, 3.05) is 29.1 Å². The highest BCUT2D eigenvalue weighted by molar-refractivity contribution is 7.16. The molecule has 0 spiro atoms. The molecule has 4 rings (SSSR count). The number of nitrogens with one attached hydrogen (secondary N) is 3. The van der Waals surface area contributed by atoms with Gasteiger partial charge in [0.2, 0.25) is 0 Å². The molecular weight excluding hydrogens is 402 g/mol. The molecule has 4 N–H and O–H groups in total. The molecule has 0 saturated heterocycles. The van der Waals surface area contributed by atoms with Gasteiger partial charge in [0.15, 0.2) is 0 Å². The third kappa shape index (κ3) is 4.66. The van der Waals surface area contributed by atoms with Crippen LogP contribution in [0.4, 0.5) is 23.2 Å². The second-order valence-corrected chi connectivity index (χ2v) is 7.88. The number of anilines is 4. The highest BCUT2D eigenvalue weighted by atomic mass is 32.1. The molecule has 0 aliphatic heterocycles. The van der Waals surface area contributed by atoms with Crippen molar-refractivity contribution in [3.8, 4) is 11.5 Å². The molecule has 3 aromatic heterocycles. The van der Waals surface area contributed by atoms with Gasteiger partial charge in [0.25, 0.3) is 5.89 Å². The molecule has 0 bridgehead atoms. The molecule has 0 saturated carbocycles. The predicted octanol–water partition coefficient (Wildman–Crippen LogP) is 4.10. The number of aromatic nitrogens is 4. The third-order valence-electron chi connectivity index (χ3n) is 4.22. The Balaban J connectivity index is 1.58. The Bertz CT molecular complexity index is 1130. The molecular formula is C20H23N7O2S. The number of hydrogen-bond acceptors (Lipinski definition) is 10. The average molecular weight is 426 g/mol. The summed E-state index contributed by atoms with van der Waals surface area (Å²) >= 11 is 1.60. The summed E-state index contributed by atoms with van der Waals surface area (Å²) in [6.45, 7) is 4.78. The molecule has 3 heterocycles. The highest BCUT2D eigenvalue weighted by Gasteiger charge is 2.15. The fraction of sp³-hybridized carbons (Fsp3) is 0.300. The first-order valence-electron chi connectivity index (χ1n) is 9.68. The SMILES string of the molecule is CC(C)Nc1cc(Nc2ccc3ncsc3c2)ncc1-c1nnc(NCCCO)o1. The van der Waals surface area contributed by atoms with Crippen LogP contribution in [0.2, 0.25) is 0 Å². The zero-order valence-electron chi connectivity index (χ0n) is 16.7. The summed E-state index contributed by atoms with van der Waals surface area (Å²) in [7, 11) is 0. The van der Waals surface area contributed by atoms with Gasteiger partial charge in [-0.1, -0.05) is 5.10 Å². The average Bonchev–Trinajstić information content (AvgIpc) is 3.37. The van der Waals surface area contributed by atoms with Gasteiger partial charge in [-0.05, 0) is 38.5 Å². The van der Waals surface area contributed by atoms with Gasteiger partial charge >= 0.3 is 6.01 Å². The van der Waals surface area contributed by atoms with E-state index in [1.165, 1.54) is 0 Å². The fourth-order valence-electron chi connectivity index (χ4n) is 2.88. The lowest BCUT2D eigenvalue weighted by Gasteiger charge is -2.15. The summed E-state index contributed by atoms with van der Waals surface area (Å²) in [4.78, 5) is 8.83. The molecule has 156 valence electrons. The number of fused-ring (bicyclic) bond motifs is 1. The Labute approximate surface area is 177 Å². The van der Waals surface area contributed by atoms with Crippen molar-refractivity contribution >= 4 is 44.8 Å². The van der Waals surface area contributed by atoms with Crippen molar-refractivity contribution in [3.63, 3.8) is 0 Å². The highest BCUT2D eigenvalue weighted by Crippen LogP contribution is 2.31. The minimum Gasteiger partial charge on any atom is -0.403 e. The number of pyridine rings is 1. The van der Waals surface area contributed by atoms with Gasteiger partial charge in [0.1, 0.15) is 5.82 Å². The van der Waals surface area contributed by atoms with E-state index >= 15 is 0 Å². The van der Waals surface area contributed by atoms with Crippen LogP contribution in [0.25, 0.3) is 21.7 Å². The monoisotopic (exact) mass is 425 g/mol. The Kier molecular flexibility index (Phi) is 6.05. The number of aliphatic hydroxyl groups is 1. The van der Waals surface area contributed by atoms with Crippen molar-refractivity contribution in [1.82, 2.24) is 20.2 Å². The van der Waals surface area contributed by atoms with Gasteiger partial charge in [-0.3, -0.25) is 0 Å². The molecule has 0 aliphatic rings. The lowest BCUT2D eigenvalue weighted by atomic mass is 10.2. The number of nitrogens with zero attached hydrogens (tertiary/aromatic N) is 4. The van der Waals surface area contributed by atoms with Crippen LogP contribution in [0.1, 0.15) is 20.3 Å². The molecule has 1 aromatic carbocycles. The maximum atomic E-state index is 8.89. The summed E-state index contributed by atoms with van der Waals surface area (Å²) in [5.74, 6) is 1.07. The fourth-order valence-corrected chi connectivity index (χ4v) is 3.60. The summed E-state index contributed by atoms with van der Waals surface area (Å²) in [6, 6.07) is 8.47. The van der Waals surface area contributed by atoms with Crippen molar-refractivity contribution in [3.05, 3.63) is 36.0 Å². The lowest BCUT2D eigenvalue weighted by Crippen LogP contribution is -2.11. The molecule has 0 atom stereocenters. The van der Waals surface area contributed by atoms with E-state index in [-0.39, 0.29) is 12.6 Å². The summed E-state index contributed by atoms with van der Waals surface area (Å²) in [5.41, 5.74) is 5.32. The van der Waals surface area contributed by atoms with E-state index in [1.54, 1.807) is 17.5 Å². The van der Waals surface area contributed by atoms with Crippen molar-refractivity contribution in [2.24, 2.45) is 0 Å². The number of rotatable bonds is 9. The summed E-state index contributed by atoms with van der Waals surface area (Å²) < 4.78 is 6.83. The number of hydrogen-bond donors (Lipinski definition) is 4. The minimum absolute atomic E-state index is 0.102. The van der Waals surface area contributed by atoms with Crippen LogP contribution in [0.15, 0.2) is 40.4 Å². The Hall–Kier alpha value is -3.24. The minimum atomic E-state index is 0.102. The number of thiazole rings is 1. The van der Waals surface area contributed by atoms with Crippen LogP contribution in [0.5, 0.6) is 0 Å². The topological polar surface area (TPSA) is 121 Å². The van der Waals surface area contributed by atoms with Crippen LogP contribution in [0.3, 0.4) is 0 Å². The Morgan fingerprint density at radius 1 is 1.17 bits per heavy atom. The lowest BCUT2D eigenvalue weighted by molar-refractivity contribution is 0.292. The van der Waals surface area contributed by atoms with Gasteiger partial charge in [-0.15, -0.1) is 16.4 Å². The predicted molar refractivity (Wildman–Crippen MR) is 119 cm³/mol. The van der Waals surface area contributed by atoms with E-state index < -0.39 is 0 Å². The summed E-state index contributed by atoms with van der Waals surface area (Å²) in [5, 5.41) is 26.8. The van der Waals surface area contributed by atoms with E-state index in [1.807, 2.05) is 23.7 Å². The van der Waals surface area contributed by atoms with Crippen LogP contribution in [-0.4, -0.2) is 44.5 Å².